The summed E-state index contributed by atoms with van der Waals surface area (Å²) >= 11 is 11.7. The minimum absolute atomic E-state index is 0.0698. The van der Waals surface area contributed by atoms with Gasteiger partial charge in [-0.2, -0.15) is 0 Å². The van der Waals surface area contributed by atoms with E-state index in [0.717, 1.165) is 0 Å². The first-order valence-corrected chi connectivity index (χ1v) is 6.58. The molecule has 2 heterocycles. The smallest absolute Gasteiger partial charge is 0.211 e. The van der Waals surface area contributed by atoms with Crippen molar-refractivity contribution in [1.82, 2.24) is 4.98 Å². The summed E-state index contributed by atoms with van der Waals surface area (Å²) in [6.45, 7) is 3.67. The van der Waals surface area contributed by atoms with Gasteiger partial charge in [0.05, 0.1) is 24.3 Å². The summed E-state index contributed by atoms with van der Waals surface area (Å²) in [4.78, 5) is 4.01. The van der Waals surface area contributed by atoms with Crippen molar-refractivity contribution in [1.29, 1.82) is 0 Å². The van der Waals surface area contributed by atoms with E-state index in [0.29, 0.717) is 12.2 Å². The summed E-state index contributed by atoms with van der Waals surface area (Å²) in [7, 11) is 0. The molecule has 0 aliphatic carbocycles. The molecule has 1 aromatic rings. The van der Waals surface area contributed by atoms with E-state index in [4.69, 9.17) is 32.7 Å². The normalized spacial score (nSPS) is 29.5. The molecule has 1 saturated heterocycles. The van der Waals surface area contributed by atoms with E-state index in [2.05, 4.69) is 4.98 Å². The second-order valence-electron chi connectivity index (χ2n) is 4.31. The third kappa shape index (κ3) is 2.48. The molecule has 0 amide bonds. The fourth-order valence-corrected chi connectivity index (χ4v) is 2.44. The van der Waals surface area contributed by atoms with Gasteiger partial charge in [-0.05, 0) is 26.0 Å². The van der Waals surface area contributed by atoms with Gasteiger partial charge in [-0.25, -0.2) is 9.37 Å². The number of nitrogens with zero attached hydrogens (tertiary/aromatic N) is 1. The number of aromatic nitrogens is 1. The van der Waals surface area contributed by atoms with Crippen LogP contribution in [-0.2, 0) is 15.3 Å². The van der Waals surface area contributed by atoms with Crippen LogP contribution in [-0.4, -0.2) is 23.6 Å². The topological polar surface area (TPSA) is 31.4 Å². The van der Waals surface area contributed by atoms with Gasteiger partial charge in [0, 0.05) is 5.56 Å². The molecule has 0 spiro atoms. The summed E-state index contributed by atoms with van der Waals surface area (Å²) in [5.74, 6) is -1.06. The summed E-state index contributed by atoms with van der Waals surface area (Å²) in [6, 6.07) is 3.23. The monoisotopic (exact) mass is 293 g/mol. The van der Waals surface area contributed by atoms with Gasteiger partial charge < -0.3 is 9.47 Å². The zero-order valence-electron chi connectivity index (χ0n) is 10.1. The maximum Gasteiger partial charge on any atom is 0.211 e. The standard InChI is InChI=1S/C12H14Cl2FNO2/c1-7-5-17-12(6-13,18-7)9-3-4-10(14)16-11(9)8(2)15/h3-4,7-8H,5-6H2,1-2H3. The lowest BCUT2D eigenvalue weighted by molar-refractivity contribution is -0.157. The van der Waals surface area contributed by atoms with E-state index >= 15 is 0 Å². The Hall–Kier alpha value is -0.420. The molecular weight excluding hydrogens is 280 g/mol. The number of alkyl halides is 2. The van der Waals surface area contributed by atoms with Crippen LogP contribution in [0.5, 0.6) is 0 Å². The van der Waals surface area contributed by atoms with E-state index in [9.17, 15) is 4.39 Å². The van der Waals surface area contributed by atoms with Crippen molar-refractivity contribution in [3.8, 4) is 0 Å². The summed E-state index contributed by atoms with van der Waals surface area (Å²) in [6.07, 6.45) is -1.37. The number of rotatable bonds is 3. The van der Waals surface area contributed by atoms with Gasteiger partial charge in [0.25, 0.3) is 0 Å². The van der Waals surface area contributed by atoms with Crippen molar-refractivity contribution in [2.45, 2.75) is 31.9 Å². The predicted molar refractivity (Wildman–Crippen MR) is 67.7 cm³/mol. The Bertz CT molecular complexity index is 444. The SMILES string of the molecule is CC1COC(CCl)(c2ccc(Cl)nc2C(C)F)O1. The van der Waals surface area contributed by atoms with Crippen molar-refractivity contribution < 1.29 is 13.9 Å². The molecule has 0 saturated carbocycles. The number of ether oxygens (including phenoxy) is 2. The highest BCUT2D eigenvalue weighted by Crippen LogP contribution is 2.39. The van der Waals surface area contributed by atoms with E-state index < -0.39 is 12.0 Å². The lowest BCUT2D eigenvalue weighted by atomic mass is 10.0. The highest BCUT2D eigenvalue weighted by Gasteiger charge is 2.43. The molecule has 6 heteroatoms. The molecule has 3 nitrogen and oxygen atoms in total. The number of halogens is 3. The Kier molecular flexibility index (Phi) is 4.11. The van der Waals surface area contributed by atoms with Crippen molar-refractivity contribution in [2.75, 3.05) is 12.5 Å². The van der Waals surface area contributed by atoms with Crippen molar-refractivity contribution in [2.24, 2.45) is 0 Å². The maximum atomic E-state index is 13.7. The van der Waals surface area contributed by atoms with Crippen LogP contribution in [0, 0.1) is 0 Å². The average Bonchev–Trinajstić information content (AvgIpc) is 2.72. The van der Waals surface area contributed by atoms with Crippen molar-refractivity contribution in [3.63, 3.8) is 0 Å². The highest BCUT2D eigenvalue weighted by atomic mass is 35.5. The summed E-state index contributed by atoms with van der Waals surface area (Å²) in [5.41, 5.74) is 0.707. The highest BCUT2D eigenvalue weighted by molar-refractivity contribution is 6.29. The van der Waals surface area contributed by atoms with E-state index in [1.807, 2.05) is 6.92 Å². The van der Waals surface area contributed by atoms with Gasteiger partial charge >= 0.3 is 0 Å². The molecule has 0 N–H and O–H groups in total. The van der Waals surface area contributed by atoms with Crippen LogP contribution < -0.4 is 0 Å². The van der Waals surface area contributed by atoms with Gasteiger partial charge in [0.1, 0.15) is 11.3 Å². The first-order chi connectivity index (χ1) is 8.48. The zero-order chi connectivity index (χ0) is 13.3. The Morgan fingerprint density at radius 2 is 2.33 bits per heavy atom. The molecule has 3 unspecified atom stereocenters. The maximum absolute atomic E-state index is 13.7. The van der Waals surface area contributed by atoms with Crippen LogP contribution in [0.2, 0.25) is 5.15 Å². The molecule has 1 aromatic heterocycles. The van der Waals surface area contributed by atoms with Gasteiger partial charge in [0.2, 0.25) is 5.79 Å². The van der Waals surface area contributed by atoms with Crippen molar-refractivity contribution in [3.05, 3.63) is 28.5 Å². The molecule has 2 rings (SSSR count). The second-order valence-corrected chi connectivity index (χ2v) is 4.96. The fourth-order valence-electron chi connectivity index (χ4n) is 2.00. The van der Waals surface area contributed by atoms with Crippen LogP contribution in [0.1, 0.15) is 31.3 Å². The largest absolute Gasteiger partial charge is 0.342 e. The lowest BCUT2D eigenvalue weighted by Crippen LogP contribution is -2.32. The molecule has 0 bridgehead atoms. The molecule has 1 aliphatic rings. The Balaban J connectivity index is 2.49. The number of pyridine rings is 1. The predicted octanol–water partition coefficient (Wildman–Crippen LogP) is 3.59. The van der Waals surface area contributed by atoms with E-state index in [1.54, 1.807) is 12.1 Å². The van der Waals surface area contributed by atoms with Crippen molar-refractivity contribution >= 4 is 23.2 Å². The first kappa shape index (κ1) is 14.0. The van der Waals surface area contributed by atoms with Gasteiger partial charge in [-0.1, -0.05) is 11.6 Å². The van der Waals surface area contributed by atoms with E-state index in [1.165, 1.54) is 6.92 Å². The average molecular weight is 294 g/mol. The minimum atomic E-state index is -1.28. The third-order valence-electron chi connectivity index (χ3n) is 2.80. The molecular formula is C12H14Cl2FNO2. The summed E-state index contributed by atoms with van der Waals surface area (Å²) in [5, 5.41) is 0.231. The first-order valence-electron chi connectivity index (χ1n) is 5.67. The molecule has 18 heavy (non-hydrogen) atoms. The summed E-state index contributed by atoms with van der Waals surface area (Å²) < 4.78 is 25.0. The van der Waals surface area contributed by atoms with Crippen LogP contribution in [0.15, 0.2) is 12.1 Å². The van der Waals surface area contributed by atoms with Gasteiger partial charge in [-0.3, -0.25) is 0 Å². The fraction of sp³-hybridized carbons (Fsp3) is 0.583. The Morgan fingerprint density at radius 1 is 1.61 bits per heavy atom. The zero-order valence-corrected chi connectivity index (χ0v) is 11.6. The second kappa shape index (κ2) is 5.29. The Labute approximate surface area is 115 Å². The molecule has 3 atom stereocenters. The minimum Gasteiger partial charge on any atom is -0.342 e. The van der Waals surface area contributed by atoms with Gasteiger partial charge in [0.15, 0.2) is 0 Å². The van der Waals surface area contributed by atoms with Crippen LogP contribution in [0.4, 0.5) is 4.39 Å². The molecule has 1 fully saturated rings. The van der Waals surface area contributed by atoms with Crippen LogP contribution in [0.25, 0.3) is 0 Å². The molecule has 100 valence electrons. The molecule has 1 aliphatic heterocycles. The van der Waals surface area contributed by atoms with Crippen LogP contribution >= 0.6 is 23.2 Å². The van der Waals surface area contributed by atoms with Gasteiger partial charge in [-0.15, -0.1) is 11.6 Å². The Morgan fingerprint density at radius 3 is 2.83 bits per heavy atom. The quantitative estimate of drug-likeness (QED) is 0.630. The van der Waals surface area contributed by atoms with Crippen LogP contribution in [0.3, 0.4) is 0 Å². The lowest BCUT2D eigenvalue weighted by Gasteiger charge is -2.28. The number of hydrogen-bond acceptors (Lipinski definition) is 3. The molecule has 0 aromatic carbocycles. The van der Waals surface area contributed by atoms with E-state index in [-0.39, 0.29) is 22.8 Å². The third-order valence-corrected chi connectivity index (χ3v) is 3.36. The number of hydrogen-bond donors (Lipinski definition) is 0. The molecule has 0 radical (unpaired) electrons.